The van der Waals surface area contributed by atoms with Crippen LogP contribution in [0.4, 0.5) is 11.4 Å². The summed E-state index contributed by atoms with van der Waals surface area (Å²) in [4.78, 5) is 12.3. The SMILES string of the molecule is Cc1ccc(NC(=O)Cc2ccc(Cl)cc2)cc1N1CCCCS1(=O)=O. The minimum Gasteiger partial charge on any atom is -0.326 e. The van der Waals surface area contributed by atoms with Gasteiger partial charge < -0.3 is 5.32 Å². The van der Waals surface area contributed by atoms with E-state index in [4.69, 9.17) is 11.6 Å². The lowest BCUT2D eigenvalue weighted by Crippen LogP contribution is -2.38. The van der Waals surface area contributed by atoms with Crippen LogP contribution >= 0.6 is 11.6 Å². The zero-order valence-electron chi connectivity index (χ0n) is 14.5. The van der Waals surface area contributed by atoms with Gasteiger partial charge in [-0.15, -0.1) is 0 Å². The van der Waals surface area contributed by atoms with Gasteiger partial charge in [-0.25, -0.2) is 8.42 Å². The van der Waals surface area contributed by atoms with Gasteiger partial charge in [-0.3, -0.25) is 9.10 Å². The Hall–Kier alpha value is -2.05. The molecule has 0 bridgehead atoms. The molecule has 1 N–H and O–H groups in total. The molecule has 0 spiro atoms. The molecule has 0 radical (unpaired) electrons. The number of carbonyl (C=O) groups is 1. The van der Waals surface area contributed by atoms with Crippen LogP contribution in [-0.2, 0) is 21.2 Å². The number of carbonyl (C=O) groups excluding carboxylic acids is 1. The van der Waals surface area contributed by atoms with Crippen LogP contribution < -0.4 is 9.62 Å². The van der Waals surface area contributed by atoms with E-state index < -0.39 is 10.0 Å². The summed E-state index contributed by atoms with van der Waals surface area (Å²) in [6.07, 6.45) is 1.75. The molecule has 3 rings (SSSR count). The Kier molecular flexibility index (Phi) is 5.53. The van der Waals surface area contributed by atoms with Crippen LogP contribution in [0, 0.1) is 6.92 Å². The third kappa shape index (κ3) is 4.37. The average Bonchev–Trinajstić information content (AvgIpc) is 2.59. The molecule has 138 valence electrons. The summed E-state index contributed by atoms with van der Waals surface area (Å²) in [5.41, 5.74) is 2.95. The van der Waals surface area contributed by atoms with E-state index >= 15 is 0 Å². The lowest BCUT2D eigenvalue weighted by Gasteiger charge is -2.29. The number of rotatable bonds is 4. The number of anilines is 2. The van der Waals surface area contributed by atoms with Crippen LogP contribution in [-0.4, -0.2) is 26.6 Å². The maximum atomic E-state index is 12.4. The van der Waals surface area contributed by atoms with Crippen molar-refractivity contribution in [2.75, 3.05) is 21.9 Å². The Bertz CT molecular complexity index is 911. The molecule has 1 amide bonds. The normalized spacial score (nSPS) is 16.3. The molecule has 0 unspecified atom stereocenters. The Morgan fingerprint density at radius 2 is 1.88 bits per heavy atom. The van der Waals surface area contributed by atoms with Gasteiger partial charge in [0.25, 0.3) is 0 Å². The largest absolute Gasteiger partial charge is 0.326 e. The second-order valence-electron chi connectivity index (χ2n) is 6.45. The van der Waals surface area contributed by atoms with Gasteiger partial charge in [-0.1, -0.05) is 29.8 Å². The lowest BCUT2D eigenvalue weighted by molar-refractivity contribution is -0.115. The predicted octanol–water partition coefficient (Wildman–Crippen LogP) is 3.76. The smallest absolute Gasteiger partial charge is 0.235 e. The molecule has 7 heteroatoms. The topological polar surface area (TPSA) is 66.5 Å². The van der Waals surface area contributed by atoms with E-state index in [1.807, 2.05) is 25.1 Å². The fourth-order valence-corrected chi connectivity index (χ4v) is 4.83. The van der Waals surface area contributed by atoms with E-state index in [2.05, 4.69) is 5.32 Å². The molecule has 0 aromatic heterocycles. The molecule has 5 nitrogen and oxygen atoms in total. The number of aryl methyl sites for hydroxylation is 1. The first-order chi connectivity index (χ1) is 12.3. The minimum absolute atomic E-state index is 0.163. The molecule has 2 aromatic rings. The first-order valence-electron chi connectivity index (χ1n) is 8.50. The van der Waals surface area contributed by atoms with Gasteiger partial charge in [0.15, 0.2) is 0 Å². The van der Waals surface area contributed by atoms with E-state index in [-0.39, 0.29) is 18.1 Å². The summed E-state index contributed by atoms with van der Waals surface area (Å²) in [5, 5.41) is 3.47. The minimum atomic E-state index is -3.29. The van der Waals surface area contributed by atoms with Crippen LogP contribution in [0.2, 0.25) is 5.02 Å². The van der Waals surface area contributed by atoms with Gasteiger partial charge in [0.2, 0.25) is 15.9 Å². The van der Waals surface area contributed by atoms with Gasteiger partial charge >= 0.3 is 0 Å². The molecule has 0 atom stereocenters. The van der Waals surface area contributed by atoms with E-state index in [0.717, 1.165) is 17.5 Å². The summed E-state index contributed by atoms with van der Waals surface area (Å²) in [7, 11) is -3.29. The highest BCUT2D eigenvalue weighted by Gasteiger charge is 2.27. The third-order valence-corrected chi connectivity index (χ3v) is 6.50. The van der Waals surface area contributed by atoms with Crippen molar-refractivity contribution in [1.29, 1.82) is 0 Å². The van der Waals surface area contributed by atoms with E-state index in [1.165, 1.54) is 4.31 Å². The summed E-state index contributed by atoms with van der Waals surface area (Å²) >= 11 is 5.85. The predicted molar refractivity (Wildman–Crippen MR) is 105 cm³/mol. The fraction of sp³-hybridized carbons (Fsp3) is 0.316. The fourth-order valence-electron chi connectivity index (χ4n) is 3.01. The Labute approximate surface area is 159 Å². The Morgan fingerprint density at radius 1 is 1.15 bits per heavy atom. The van der Waals surface area contributed by atoms with Gasteiger partial charge in [0.1, 0.15) is 0 Å². The van der Waals surface area contributed by atoms with Crippen LogP contribution in [0.3, 0.4) is 0 Å². The molecule has 1 heterocycles. The molecular weight excluding hydrogens is 372 g/mol. The highest BCUT2D eigenvalue weighted by Crippen LogP contribution is 2.29. The molecule has 1 saturated heterocycles. The number of halogens is 1. The van der Waals surface area contributed by atoms with Crippen molar-refractivity contribution in [2.45, 2.75) is 26.2 Å². The second-order valence-corrected chi connectivity index (χ2v) is 8.90. The first-order valence-corrected chi connectivity index (χ1v) is 10.5. The average molecular weight is 393 g/mol. The maximum Gasteiger partial charge on any atom is 0.235 e. The Balaban J connectivity index is 1.77. The van der Waals surface area contributed by atoms with Crippen molar-refractivity contribution in [2.24, 2.45) is 0 Å². The highest BCUT2D eigenvalue weighted by molar-refractivity contribution is 7.92. The van der Waals surface area contributed by atoms with Gasteiger partial charge in [0, 0.05) is 17.3 Å². The van der Waals surface area contributed by atoms with Crippen molar-refractivity contribution >= 4 is 38.9 Å². The van der Waals surface area contributed by atoms with Crippen molar-refractivity contribution in [3.63, 3.8) is 0 Å². The monoisotopic (exact) mass is 392 g/mol. The second kappa shape index (κ2) is 7.68. The van der Waals surface area contributed by atoms with Crippen molar-refractivity contribution in [1.82, 2.24) is 0 Å². The first kappa shape index (κ1) is 18.7. The lowest BCUT2D eigenvalue weighted by atomic mass is 10.1. The molecule has 1 aliphatic heterocycles. The number of hydrogen-bond acceptors (Lipinski definition) is 3. The van der Waals surface area contributed by atoms with Crippen LogP contribution in [0.15, 0.2) is 42.5 Å². The van der Waals surface area contributed by atoms with Gasteiger partial charge in [-0.05, 0) is 55.2 Å². The molecule has 26 heavy (non-hydrogen) atoms. The maximum absolute atomic E-state index is 12.4. The van der Waals surface area contributed by atoms with E-state index in [0.29, 0.717) is 29.4 Å². The van der Waals surface area contributed by atoms with Crippen LogP contribution in [0.25, 0.3) is 0 Å². The quantitative estimate of drug-likeness (QED) is 0.861. The number of sulfonamides is 1. The van der Waals surface area contributed by atoms with Crippen molar-refractivity contribution < 1.29 is 13.2 Å². The summed E-state index contributed by atoms with van der Waals surface area (Å²) in [6.45, 7) is 2.35. The zero-order valence-corrected chi connectivity index (χ0v) is 16.1. The summed E-state index contributed by atoms with van der Waals surface area (Å²) in [5.74, 6) is 0.00295. The number of hydrogen-bond donors (Lipinski definition) is 1. The molecule has 0 aliphatic carbocycles. The standard InChI is InChI=1S/C19H21ClN2O3S/c1-14-4-9-17(13-18(14)22-10-2-3-11-26(22,24)25)21-19(23)12-15-5-7-16(20)8-6-15/h4-9,13H,2-3,10-12H2,1H3,(H,21,23). The third-order valence-electron chi connectivity index (χ3n) is 4.39. The van der Waals surface area contributed by atoms with Crippen molar-refractivity contribution in [3.05, 3.63) is 58.6 Å². The van der Waals surface area contributed by atoms with Gasteiger partial charge in [0.05, 0.1) is 17.9 Å². The van der Waals surface area contributed by atoms with Crippen LogP contribution in [0.5, 0.6) is 0 Å². The molecule has 1 aliphatic rings. The molecule has 2 aromatic carbocycles. The highest BCUT2D eigenvalue weighted by atomic mass is 35.5. The number of nitrogens with one attached hydrogen (secondary N) is 1. The van der Waals surface area contributed by atoms with Crippen molar-refractivity contribution in [3.8, 4) is 0 Å². The molecular formula is C19H21ClN2O3S. The summed E-state index contributed by atoms with van der Waals surface area (Å²) < 4.78 is 26.2. The summed E-state index contributed by atoms with van der Waals surface area (Å²) in [6, 6.07) is 12.5. The van der Waals surface area contributed by atoms with E-state index in [9.17, 15) is 13.2 Å². The number of nitrogens with zero attached hydrogens (tertiary/aromatic N) is 1. The zero-order chi connectivity index (χ0) is 18.7. The van der Waals surface area contributed by atoms with Gasteiger partial charge in [-0.2, -0.15) is 0 Å². The number of benzene rings is 2. The Morgan fingerprint density at radius 3 is 2.58 bits per heavy atom. The van der Waals surface area contributed by atoms with E-state index in [1.54, 1.807) is 24.3 Å². The van der Waals surface area contributed by atoms with Crippen LogP contribution in [0.1, 0.15) is 24.0 Å². The molecule has 1 fully saturated rings. The number of amides is 1. The molecule has 0 saturated carbocycles.